The number of aryl methyl sites for hydroxylation is 1. The first-order chi connectivity index (χ1) is 19.5. The molecular weight excluding hydrogens is 497 g/mol. The quantitative estimate of drug-likeness (QED) is 0.320. The van der Waals surface area contributed by atoms with Crippen LogP contribution in [0.15, 0.2) is 78.9 Å². The third kappa shape index (κ3) is 5.86. The van der Waals surface area contributed by atoms with E-state index in [9.17, 15) is 14.3 Å². The second-order valence-electron chi connectivity index (χ2n) is 10.5. The van der Waals surface area contributed by atoms with Crippen LogP contribution in [0.1, 0.15) is 68.6 Å². The van der Waals surface area contributed by atoms with Gasteiger partial charge in [-0.05, 0) is 107 Å². The highest BCUT2D eigenvalue weighted by atomic mass is 19.1. The third-order valence-electron chi connectivity index (χ3n) is 7.80. The lowest BCUT2D eigenvalue weighted by molar-refractivity contribution is 0.0696. The van der Waals surface area contributed by atoms with Gasteiger partial charge in [0.25, 0.3) is 0 Å². The molecule has 3 aromatic carbocycles. The Kier molecular flexibility index (Phi) is 8.43. The van der Waals surface area contributed by atoms with Crippen LogP contribution in [0.5, 0.6) is 0 Å². The molecule has 0 spiro atoms. The number of carboxylic acid groups (broad SMARTS) is 1. The van der Waals surface area contributed by atoms with E-state index in [0.717, 1.165) is 77.9 Å². The van der Waals surface area contributed by atoms with Gasteiger partial charge in [0.05, 0.1) is 12.2 Å². The molecule has 0 bridgehead atoms. The predicted octanol–water partition coefficient (Wildman–Crippen LogP) is 7.58. The fourth-order valence-electron chi connectivity index (χ4n) is 5.79. The number of benzene rings is 3. The van der Waals surface area contributed by atoms with Crippen molar-refractivity contribution in [3.8, 4) is 11.8 Å². The van der Waals surface area contributed by atoms with Gasteiger partial charge >= 0.3 is 5.97 Å². The van der Waals surface area contributed by atoms with Crippen LogP contribution in [0.25, 0.3) is 17.2 Å². The number of hydrogen-bond donors (Lipinski definition) is 1. The molecule has 1 saturated heterocycles. The van der Waals surface area contributed by atoms with E-state index >= 15 is 0 Å². The molecule has 1 aliphatic heterocycles. The van der Waals surface area contributed by atoms with Gasteiger partial charge in [-0.2, -0.15) is 0 Å². The van der Waals surface area contributed by atoms with Crippen LogP contribution in [-0.2, 0) is 6.42 Å². The van der Waals surface area contributed by atoms with Crippen LogP contribution >= 0.6 is 0 Å². The number of halogens is 1. The van der Waals surface area contributed by atoms with Crippen molar-refractivity contribution in [2.75, 3.05) is 26.3 Å². The fraction of sp³-hybridized carbons (Fsp3) is 0.250. The third-order valence-corrected chi connectivity index (χ3v) is 7.80. The zero-order valence-corrected chi connectivity index (χ0v) is 23.0. The Balaban J connectivity index is 1.59. The highest BCUT2D eigenvalue weighted by Gasteiger charge is 2.23. The van der Waals surface area contributed by atoms with Crippen molar-refractivity contribution in [3.63, 3.8) is 0 Å². The standard InChI is InChI=1S/C36H34FNO2/c1-3-4-8-28-9-5-11-32(25(28)2)34-12-6-10-30-22-31(36(39)40)17-18-33(30)35(34)29-15-13-26(14-16-29)21-27-23-38(24-27)20-7-19-37/h3,5,9,11,13-18,21-22H,1,6-7,10,12,19-20,23-24H2,2H3,(H,39,40). The van der Waals surface area contributed by atoms with Gasteiger partial charge in [-0.1, -0.05) is 67.0 Å². The number of likely N-dealkylation sites (tertiary alicyclic amines) is 1. The Morgan fingerprint density at radius 2 is 1.88 bits per heavy atom. The van der Waals surface area contributed by atoms with Gasteiger partial charge in [0.15, 0.2) is 0 Å². The van der Waals surface area contributed by atoms with Crippen molar-refractivity contribution in [2.45, 2.75) is 32.6 Å². The van der Waals surface area contributed by atoms with Crippen LogP contribution in [-0.4, -0.2) is 42.3 Å². The van der Waals surface area contributed by atoms with Gasteiger partial charge < -0.3 is 5.11 Å². The summed E-state index contributed by atoms with van der Waals surface area (Å²) in [5.74, 6) is 5.30. The van der Waals surface area contributed by atoms with Gasteiger partial charge in [-0.15, -0.1) is 0 Å². The van der Waals surface area contributed by atoms with Crippen LogP contribution in [0.4, 0.5) is 4.39 Å². The van der Waals surface area contributed by atoms with Crippen LogP contribution in [0.3, 0.4) is 0 Å². The lowest BCUT2D eigenvalue weighted by atomic mass is 9.85. The van der Waals surface area contributed by atoms with E-state index in [0.29, 0.717) is 12.0 Å². The average Bonchev–Trinajstić information content (AvgIpc) is 3.13. The Labute approximate surface area is 236 Å². The van der Waals surface area contributed by atoms with E-state index in [1.165, 1.54) is 16.7 Å². The zero-order valence-electron chi connectivity index (χ0n) is 23.0. The monoisotopic (exact) mass is 531 g/mol. The Bertz CT molecular complexity index is 1560. The Morgan fingerprint density at radius 3 is 2.60 bits per heavy atom. The van der Waals surface area contributed by atoms with Crippen LogP contribution in [0, 0.1) is 18.8 Å². The molecule has 2 aliphatic rings. The largest absolute Gasteiger partial charge is 0.478 e. The number of allylic oxidation sites excluding steroid dienone is 2. The van der Waals surface area contributed by atoms with Crippen molar-refractivity contribution < 1.29 is 14.3 Å². The highest BCUT2D eigenvalue weighted by molar-refractivity contribution is 6.01. The molecule has 5 rings (SSSR count). The summed E-state index contributed by atoms with van der Waals surface area (Å²) in [6, 6.07) is 20.5. The maximum Gasteiger partial charge on any atom is 0.335 e. The summed E-state index contributed by atoms with van der Waals surface area (Å²) < 4.78 is 12.5. The number of aromatic carboxylic acids is 1. The van der Waals surface area contributed by atoms with Crippen molar-refractivity contribution in [2.24, 2.45) is 0 Å². The van der Waals surface area contributed by atoms with E-state index in [2.05, 4.69) is 72.7 Å². The second-order valence-corrected chi connectivity index (χ2v) is 10.5. The summed E-state index contributed by atoms with van der Waals surface area (Å²) in [7, 11) is 0. The molecule has 0 saturated carbocycles. The molecule has 202 valence electrons. The smallest absolute Gasteiger partial charge is 0.335 e. The minimum absolute atomic E-state index is 0.262. The molecule has 1 fully saturated rings. The van der Waals surface area contributed by atoms with E-state index in [1.807, 2.05) is 18.2 Å². The molecular formula is C36H34FNO2. The number of nitrogens with zero attached hydrogens (tertiary/aromatic N) is 1. The number of fused-ring (bicyclic) bond motifs is 1. The second kappa shape index (κ2) is 12.3. The lowest BCUT2D eigenvalue weighted by Crippen LogP contribution is -2.40. The van der Waals surface area contributed by atoms with Crippen LogP contribution in [0.2, 0.25) is 0 Å². The first-order valence-electron chi connectivity index (χ1n) is 13.9. The highest BCUT2D eigenvalue weighted by Crippen LogP contribution is 2.41. The molecule has 3 nitrogen and oxygen atoms in total. The predicted molar refractivity (Wildman–Crippen MR) is 162 cm³/mol. The average molecular weight is 532 g/mol. The number of carboxylic acids is 1. The first kappa shape index (κ1) is 27.4. The first-order valence-corrected chi connectivity index (χ1v) is 13.9. The van der Waals surface area contributed by atoms with Gasteiger partial charge in [0.1, 0.15) is 0 Å². The van der Waals surface area contributed by atoms with Gasteiger partial charge in [0.2, 0.25) is 0 Å². The maximum absolute atomic E-state index is 12.5. The molecule has 0 aromatic heterocycles. The summed E-state index contributed by atoms with van der Waals surface area (Å²) in [5.41, 5.74) is 11.8. The Hall–Kier alpha value is -4.20. The lowest BCUT2D eigenvalue weighted by Gasteiger charge is -2.33. The minimum Gasteiger partial charge on any atom is -0.478 e. The molecule has 40 heavy (non-hydrogen) atoms. The molecule has 3 aromatic rings. The van der Waals surface area contributed by atoms with E-state index in [4.69, 9.17) is 0 Å². The van der Waals surface area contributed by atoms with Crippen molar-refractivity contribution in [1.82, 2.24) is 4.90 Å². The molecule has 0 radical (unpaired) electrons. The summed E-state index contributed by atoms with van der Waals surface area (Å²) in [5, 5.41) is 9.64. The van der Waals surface area contributed by atoms with Crippen molar-refractivity contribution in [1.29, 1.82) is 0 Å². The zero-order chi connectivity index (χ0) is 28.1. The van der Waals surface area contributed by atoms with Crippen molar-refractivity contribution >= 4 is 23.2 Å². The normalized spacial score (nSPS) is 14.9. The summed E-state index contributed by atoms with van der Waals surface area (Å²) in [6.07, 6.45) is 7.07. The summed E-state index contributed by atoms with van der Waals surface area (Å²) >= 11 is 0. The Morgan fingerprint density at radius 1 is 1.07 bits per heavy atom. The van der Waals surface area contributed by atoms with E-state index < -0.39 is 5.97 Å². The molecule has 0 unspecified atom stereocenters. The number of hydrogen-bond acceptors (Lipinski definition) is 2. The molecule has 1 aliphatic carbocycles. The summed E-state index contributed by atoms with van der Waals surface area (Å²) in [4.78, 5) is 14.0. The summed E-state index contributed by atoms with van der Waals surface area (Å²) in [6.45, 7) is 8.21. The van der Waals surface area contributed by atoms with Gasteiger partial charge in [-0.3, -0.25) is 9.29 Å². The number of carbonyl (C=O) groups is 1. The topological polar surface area (TPSA) is 40.5 Å². The molecule has 0 amide bonds. The number of alkyl halides is 1. The van der Waals surface area contributed by atoms with Crippen molar-refractivity contribution in [3.05, 3.63) is 123 Å². The molecule has 0 atom stereocenters. The van der Waals surface area contributed by atoms with E-state index in [1.54, 1.807) is 12.1 Å². The minimum atomic E-state index is -0.904. The molecule has 1 N–H and O–H groups in total. The van der Waals surface area contributed by atoms with Gasteiger partial charge in [-0.25, -0.2) is 4.79 Å². The maximum atomic E-state index is 12.5. The fourth-order valence-corrected chi connectivity index (χ4v) is 5.79. The molecule has 1 heterocycles. The van der Waals surface area contributed by atoms with E-state index in [-0.39, 0.29) is 6.67 Å². The SMILES string of the molecule is C=CC#Cc1cccc(C2=C(c3ccc(C=C4CN(CCCF)C4)cc3)c3ccc(C(=O)O)cc3CCC2)c1C. The number of rotatable bonds is 7. The van der Waals surface area contributed by atoms with Gasteiger partial charge in [0, 0.05) is 25.2 Å². The molecule has 4 heteroatoms. The van der Waals surface area contributed by atoms with Crippen LogP contribution < -0.4 is 0 Å².